The molecule has 17 heteroatoms. The molecule has 3 N–H and O–H groups in total. The van der Waals surface area contributed by atoms with Crippen molar-refractivity contribution in [2.75, 3.05) is 43.9 Å². The number of rotatable bonds is 10. The van der Waals surface area contributed by atoms with E-state index in [9.17, 15) is 21.9 Å². The molecule has 5 heterocycles. The van der Waals surface area contributed by atoms with Crippen molar-refractivity contribution in [1.29, 1.82) is 0 Å². The summed E-state index contributed by atoms with van der Waals surface area (Å²) in [5.41, 5.74) is 1.77. The Hall–Kier alpha value is -4.03. The molecule has 0 amide bonds. The van der Waals surface area contributed by atoms with Gasteiger partial charge in [0.25, 0.3) is 10.0 Å². The van der Waals surface area contributed by atoms with Gasteiger partial charge in [-0.05, 0) is 70.7 Å². The zero-order valence-corrected chi connectivity index (χ0v) is 29.0. The van der Waals surface area contributed by atoms with Crippen LogP contribution in [0, 0.1) is 0 Å². The molecular formula is C32H40N10O5S2. The Kier molecular flexibility index (Phi) is 8.89. The van der Waals surface area contributed by atoms with Gasteiger partial charge in [0.05, 0.1) is 34.5 Å². The fourth-order valence-corrected chi connectivity index (χ4v) is 8.94. The Morgan fingerprint density at radius 2 is 1.65 bits per heavy atom. The van der Waals surface area contributed by atoms with E-state index in [4.69, 9.17) is 0 Å². The van der Waals surface area contributed by atoms with Gasteiger partial charge < -0.3 is 20.6 Å². The van der Waals surface area contributed by atoms with Crippen molar-refractivity contribution >= 4 is 37.4 Å². The first kappa shape index (κ1) is 33.5. The molecule has 4 aromatic rings. The molecule has 260 valence electrons. The van der Waals surface area contributed by atoms with Crippen molar-refractivity contribution in [3.05, 3.63) is 55.2 Å². The van der Waals surface area contributed by atoms with E-state index in [0.29, 0.717) is 86.1 Å². The Balaban J connectivity index is 1.14. The van der Waals surface area contributed by atoms with Crippen LogP contribution in [-0.2, 0) is 20.0 Å². The van der Waals surface area contributed by atoms with E-state index in [1.165, 1.54) is 22.9 Å². The summed E-state index contributed by atoms with van der Waals surface area (Å²) in [6.45, 7) is 4.07. The molecule has 0 radical (unpaired) electrons. The molecule has 7 rings (SSSR count). The quantitative estimate of drug-likeness (QED) is 0.218. The zero-order valence-electron chi connectivity index (χ0n) is 27.4. The van der Waals surface area contributed by atoms with Gasteiger partial charge in [-0.3, -0.25) is 4.98 Å². The minimum absolute atomic E-state index is 0.0974. The Morgan fingerprint density at radius 1 is 0.898 bits per heavy atom. The van der Waals surface area contributed by atoms with Gasteiger partial charge in [-0.15, -0.1) is 0 Å². The Morgan fingerprint density at radius 3 is 2.35 bits per heavy atom. The normalized spacial score (nSPS) is 22.6. The second-order valence-corrected chi connectivity index (χ2v) is 17.4. The maximum atomic E-state index is 13.3. The SMILES string of the molecule is CN1CCN(S(=O)(=O)c2ccc(-c3cnc(Nc4ccnc(-c5cnn(S(=O)(=O)C6CC6)c5)n4)cc3NC3CCC(C)(O)CC3)nc2)CC1. The van der Waals surface area contributed by atoms with Gasteiger partial charge in [-0.25, -0.2) is 31.8 Å². The van der Waals surface area contributed by atoms with Crippen LogP contribution in [0.5, 0.6) is 0 Å². The third-order valence-electron chi connectivity index (χ3n) is 9.38. The molecule has 1 aliphatic heterocycles. The van der Waals surface area contributed by atoms with E-state index in [2.05, 4.69) is 40.6 Å². The lowest BCUT2D eigenvalue weighted by Crippen LogP contribution is -2.47. The second kappa shape index (κ2) is 13.0. The van der Waals surface area contributed by atoms with Crippen LogP contribution in [-0.4, -0.2) is 110 Å². The van der Waals surface area contributed by atoms with Crippen molar-refractivity contribution in [1.82, 2.24) is 38.3 Å². The molecule has 0 aromatic carbocycles. The third-order valence-corrected chi connectivity index (χ3v) is 13.3. The van der Waals surface area contributed by atoms with E-state index < -0.39 is 30.9 Å². The van der Waals surface area contributed by atoms with E-state index in [1.807, 2.05) is 20.0 Å². The van der Waals surface area contributed by atoms with Crippen molar-refractivity contribution in [2.24, 2.45) is 0 Å². The monoisotopic (exact) mass is 708 g/mol. The van der Waals surface area contributed by atoms with Crippen LogP contribution in [0.1, 0.15) is 45.4 Å². The minimum atomic E-state index is -3.67. The van der Waals surface area contributed by atoms with E-state index in [0.717, 1.165) is 22.6 Å². The number of aromatic nitrogens is 6. The number of sulfonamides is 1. The molecule has 0 bridgehead atoms. The van der Waals surface area contributed by atoms with Gasteiger partial charge in [0.2, 0.25) is 10.0 Å². The van der Waals surface area contributed by atoms with Gasteiger partial charge in [-0.1, -0.05) is 0 Å². The van der Waals surface area contributed by atoms with Gasteiger partial charge >= 0.3 is 0 Å². The number of anilines is 3. The lowest BCUT2D eigenvalue weighted by atomic mass is 9.83. The van der Waals surface area contributed by atoms with Gasteiger partial charge in [0.1, 0.15) is 16.5 Å². The fourth-order valence-electron chi connectivity index (χ4n) is 6.10. The molecule has 49 heavy (non-hydrogen) atoms. The number of pyridine rings is 2. The number of aliphatic hydroxyl groups is 1. The molecule has 2 saturated carbocycles. The molecule has 15 nitrogen and oxygen atoms in total. The summed E-state index contributed by atoms with van der Waals surface area (Å²) in [5.74, 6) is 1.24. The number of nitrogens with zero attached hydrogens (tertiary/aromatic N) is 8. The number of piperazine rings is 1. The molecule has 3 fully saturated rings. The minimum Gasteiger partial charge on any atom is -0.390 e. The highest BCUT2D eigenvalue weighted by Gasteiger charge is 2.38. The summed E-state index contributed by atoms with van der Waals surface area (Å²) in [4.78, 5) is 20.3. The van der Waals surface area contributed by atoms with Crippen LogP contribution in [0.2, 0.25) is 0 Å². The van der Waals surface area contributed by atoms with Crippen molar-refractivity contribution < 1.29 is 21.9 Å². The van der Waals surface area contributed by atoms with Gasteiger partial charge in [0.15, 0.2) is 5.82 Å². The molecule has 0 unspecified atom stereocenters. The summed E-state index contributed by atoms with van der Waals surface area (Å²) < 4.78 is 54.3. The first-order valence-corrected chi connectivity index (χ1v) is 19.4. The molecule has 2 aliphatic carbocycles. The Labute approximate surface area is 285 Å². The molecule has 3 aliphatic rings. The molecule has 0 spiro atoms. The maximum absolute atomic E-state index is 13.3. The van der Waals surface area contributed by atoms with Crippen LogP contribution in [0.4, 0.5) is 17.3 Å². The topological polar surface area (TPSA) is 188 Å². The maximum Gasteiger partial charge on any atom is 0.256 e. The van der Waals surface area contributed by atoms with E-state index in [1.54, 1.807) is 30.6 Å². The third kappa shape index (κ3) is 7.30. The van der Waals surface area contributed by atoms with Crippen molar-refractivity contribution in [3.63, 3.8) is 0 Å². The van der Waals surface area contributed by atoms with Crippen LogP contribution in [0.15, 0.2) is 60.1 Å². The van der Waals surface area contributed by atoms with Crippen LogP contribution in [0.3, 0.4) is 0 Å². The predicted octanol–water partition coefficient (Wildman–Crippen LogP) is 2.92. The average Bonchev–Trinajstić information content (AvgIpc) is 3.83. The molecule has 4 aromatic heterocycles. The number of likely N-dealkylation sites (N-methyl/N-ethyl adjacent to an activating group) is 1. The number of hydrogen-bond acceptors (Lipinski definition) is 13. The molecule has 1 saturated heterocycles. The van der Waals surface area contributed by atoms with Crippen LogP contribution in [0.25, 0.3) is 22.6 Å². The predicted molar refractivity (Wildman–Crippen MR) is 184 cm³/mol. The van der Waals surface area contributed by atoms with E-state index >= 15 is 0 Å². The van der Waals surface area contributed by atoms with Gasteiger partial charge in [-0.2, -0.15) is 13.5 Å². The van der Waals surface area contributed by atoms with Crippen LogP contribution >= 0.6 is 0 Å². The van der Waals surface area contributed by atoms with Crippen LogP contribution < -0.4 is 10.6 Å². The lowest BCUT2D eigenvalue weighted by molar-refractivity contribution is 0.0196. The smallest absolute Gasteiger partial charge is 0.256 e. The molecular weight excluding hydrogens is 669 g/mol. The second-order valence-electron chi connectivity index (χ2n) is 13.4. The number of hydrogen-bond donors (Lipinski definition) is 3. The number of nitrogens with one attached hydrogen (secondary N) is 2. The van der Waals surface area contributed by atoms with Crippen molar-refractivity contribution in [2.45, 2.75) is 67.2 Å². The largest absolute Gasteiger partial charge is 0.390 e. The zero-order chi connectivity index (χ0) is 34.4. The van der Waals surface area contributed by atoms with E-state index in [-0.39, 0.29) is 10.9 Å². The average molecular weight is 709 g/mol. The lowest BCUT2D eigenvalue weighted by Gasteiger charge is -2.34. The first-order valence-electron chi connectivity index (χ1n) is 16.4. The highest BCUT2D eigenvalue weighted by atomic mass is 32.2. The molecule has 0 atom stereocenters. The van der Waals surface area contributed by atoms with Crippen molar-refractivity contribution in [3.8, 4) is 22.6 Å². The highest BCUT2D eigenvalue weighted by molar-refractivity contribution is 7.90. The summed E-state index contributed by atoms with van der Waals surface area (Å²) in [5, 5.41) is 21.0. The standard InChI is InChI=1S/C32H40N10O5S2/c1-32(43)10-7-23(8-11-32)37-28-17-30(38-29-9-12-33-31(39-29)22-18-36-42(21-22)49(46,47)24-3-4-24)35-20-26(28)27-6-5-25(19-34-27)48(44,45)41-15-13-40(2)14-16-41/h5-6,9,12,17-21,23-24,43H,3-4,7-8,10-11,13-16H2,1-2H3,(H2,33,35,37,38,39). The van der Waals surface area contributed by atoms with Gasteiger partial charge in [0, 0.05) is 68.1 Å². The summed E-state index contributed by atoms with van der Waals surface area (Å²) >= 11 is 0. The summed E-state index contributed by atoms with van der Waals surface area (Å²) in [7, 11) is -5.21. The summed E-state index contributed by atoms with van der Waals surface area (Å²) in [6, 6.07) is 6.91. The fraction of sp³-hybridized carbons (Fsp3) is 0.469. The summed E-state index contributed by atoms with van der Waals surface area (Å²) in [6.07, 6.45) is 11.6. The first-order chi connectivity index (χ1) is 23.4. The Bertz CT molecular complexity index is 2030. The highest BCUT2D eigenvalue weighted by Crippen LogP contribution is 2.35.